The zero-order chi connectivity index (χ0) is 9.90. The van der Waals surface area contributed by atoms with Gasteiger partial charge in [0, 0.05) is 5.92 Å². The number of rotatable bonds is 2. The van der Waals surface area contributed by atoms with Crippen LogP contribution >= 0.6 is 0 Å². The fraction of sp³-hybridized carbons (Fsp3) is 0.583. The van der Waals surface area contributed by atoms with Crippen LogP contribution < -0.4 is 0 Å². The van der Waals surface area contributed by atoms with Gasteiger partial charge in [0.25, 0.3) is 0 Å². The third kappa shape index (κ3) is 2.30. The Bertz CT molecular complexity index is 246. The predicted octanol–water partition coefficient (Wildman–Crippen LogP) is 3.12. The van der Waals surface area contributed by atoms with Crippen LogP contribution in [0.2, 0.25) is 0 Å². The quantitative estimate of drug-likeness (QED) is 0.469. The first-order chi connectivity index (χ1) is 6.08. The molecule has 0 aromatic heterocycles. The van der Waals surface area contributed by atoms with Gasteiger partial charge in [0.15, 0.2) is 5.78 Å². The molecular formula is C12H18O. The molecule has 0 heterocycles. The standard InChI is InChI=1S/C12H18O/c1-4-7-11(13)10-8-5-6-9-12(10,2)3/h4-5,7-8,10H,6,9H2,1-3H3/b7-4+. The van der Waals surface area contributed by atoms with Crippen molar-refractivity contribution in [1.29, 1.82) is 0 Å². The van der Waals surface area contributed by atoms with Gasteiger partial charge in [-0.25, -0.2) is 0 Å². The molecule has 1 nitrogen and oxygen atoms in total. The molecule has 1 aliphatic rings. The van der Waals surface area contributed by atoms with Crippen LogP contribution in [0.5, 0.6) is 0 Å². The number of hydrogen-bond donors (Lipinski definition) is 0. The molecule has 0 aliphatic heterocycles. The van der Waals surface area contributed by atoms with Crippen molar-refractivity contribution in [2.75, 3.05) is 0 Å². The molecule has 0 amide bonds. The number of carbonyl (C=O) groups excluding carboxylic acids is 1. The van der Waals surface area contributed by atoms with E-state index >= 15 is 0 Å². The van der Waals surface area contributed by atoms with Crippen molar-refractivity contribution in [2.45, 2.75) is 33.6 Å². The van der Waals surface area contributed by atoms with Crippen molar-refractivity contribution in [1.82, 2.24) is 0 Å². The highest BCUT2D eigenvalue weighted by atomic mass is 16.1. The van der Waals surface area contributed by atoms with Crippen molar-refractivity contribution in [3.63, 3.8) is 0 Å². The zero-order valence-electron chi connectivity index (χ0n) is 8.71. The van der Waals surface area contributed by atoms with Crippen molar-refractivity contribution in [3.05, 3.63) is 24.3 Å². The fourth-order valence-electron chi connectivity index (χ4n) is 1.85. The van der Waals surface area contributed by atoms with Gasteiger partial charge in [0.1, 0.15) is 0 Å². The Balaban J connectivity index is 2.82. The third-order valence-corrected chi connectivity index (χ3v) is 2.76. The molecule has 0 saturated heterocycles. The lowest BCUT2D eigenvalue weighted by atomic mass is 9.70. The van der Waals surface area contributed by atoms with E-state index in [-0.39, 0.29) is 17.1 Å². The lowest BCUT2D eigenvalue weighted by Gasteiger charge is -2.33. The van der Waals surface area contributed by atoms with Crippen LogP contribution in [0.3, 0.4) is 0 Å². The normalized spacial score (nSPS) is 26.5. The molecule has 0 aromatic rings. The van der Waals surface area contributed by atoms with Gasteiger partial charge in [-0.15, -0.1) is 0 Å². The van der Waals surface area contributed by atoms with Crippen LogP contribution in [0.1, 0.15) is 33.6 Å². The number of ketones is 1. The molecule has 0 radical (unpaired) electrons. The summed E-state index contributed by atoms with van der Waals surface area (Å²) in [4.78, 5) is 11.7. The zero-order valence-corrected chi connectivity index (χ0v) is 8.71. The van der Waals surface area contributed by atoms with Crippen LogP contribution in [-0.2, 0) is 4.79 Å². The van der Waals surface area contributed by atoms with Crippen LogP contribution in [0.4, 0.5) is 0 Å². The summed E-state index contributed by atoms with van der Waals surface area (Å²) in [7, 11) is 0. The molecule has 0 fully saturated rings. The second kappa shape index (κ2) is 3.91. The molecular weight excluding hydrogens is 160 g/mol. The molecule has 1 rings (SSSR count). The van der Waals surface area contributed by atoms with Crippen molar-refractivity contribution >= 4 is 5.78 Å². The predicted molar refractivity (Wildman–Crippen MR) is 55.5 cm³/mol. The van der Waals surface area contributed by atoms with Crippen LogP contribution in [0.25, 0.3) is 0 Å². The first-order valence-electron chi connectivity index (χ1n) is 4.91. The fourth-order valence-corrected chi connectivity index (χ4v) is 1.85. The maximum Gasteiger partial charge on any atom is 0.162 e. The van der Waals surface area contributed by atoms with E-state index in [1.165, 1.54) is 0 Å². The molecule has 72 valence electrons. The molecule has 0 N–H and O–H groups in total. The van der Waals surface area contributed by atoms with Gasteiger partial charge >= 0.3 is 0 Å². The summed E-state index contributed by atoms with van der Waals surface area (Å²) in [5.74, 6) is 0.320. The van der Waals surface area contributed by atoms with Gasteiger partial charge in [-0.1, -0.05) is 32.1 Å². The summed E-state index contributed by atoms with van der Waals surface area (Å²) in [6, 6.07) is 0. The average Bonchev–Trinajstić information content (AvgIpc) is 2.03. The summed E-state index contributed by atoms with van der Waals surface area (Å²) in [5.41, 5.74) is 0.130. The van der Waals surface area contributed by atoms with E-state index in [4.69, 9.17) is 0 Å². The Morgan fingerprint density at radius 2 is 2.23 bits per heavy atom. The minimum Gasteiger partial charge on any atom is -0.294 e. The van der Waals surface area contributed by atoms with Gasteiger partial charge in [-0.2, -0.15) is 0 Å². The Morgan fingerprint density at radius 3 is 2.77 bits per heavy atom. The van der Waals surface area contributed by atoms with Crippen molar-refractivity contribution in [3.8, 4) is 0 Å². The highest BCUT2D eigenvalue weighted by Crippen LogP contribution is 2.37. The Kier molecular flexibility index (Phi) is 3.07. The molecule has 0 aromatic carbocycles. The van der Waals surface area contributed by atoms with Crippen molar-refractivity contribution in [2.24, 2.45) is 11.3 Å². The molecule has 0 spiro atoms. The first kappa shape index (κ1) is 10.2. The van der Waals surface area contributed by atoms with Gasteiger partial charge in [0.2, 0.25) is 0 Å². The summed E-state index contributed by atoms with van der Waals surface area (Å²) >= 11 is 0. The lowest BCUT2D eigenvalue weighted by molar-refractivity contribution is -0.120. The van der Waals surface area contributed by atoms with Gasteiger partial charge < -0.3 is 0 Å². The SMILES string of the molecule is C/C=C/C(=O)C1C=CCCC1(C)C. The molecule has 0 bridgehead atoms. The maximum absolute atomic E-state index is 11.7. The number of hydrogen-bond acceptors (Lipinski definition) is 1. The van der Waals surface area contributed by atoms with E-state index in [1.54, 1.807) is 6.08 Å². The summed E-state index contributed by atoms with van der Waals surface area (Å²) < 4.78 is 0. The Labute approximate surface area is 80.5 Å². The molecule has 13 heavy (non-hydrogen) atoms. The van der Waals surface area contributed by atoms with E-state index in [0.717, 1.165) is 12.8 Å². The average molecular weight is 178 g/mol. The Morgan fingerprint density at radius 1 is 1.54 bits per heavy atom. The topological polar surface area (TPSA) is 17.1 Å². The Hall–Kier alpha value is -0.850. The lowest BCUT2D eigenvalue weighted by Crippen LogP contribution is -2.30. The van der Waals surface area contributed by atoms with Gasteiger partial charge in [-0.05, 0) is 31.3 Å². The van der Waals surface area contributed by atoms with E-state index in [2.05, 4.69) is 26.0 Å². The highest BCUT2D eigenvalue weighted by Gasteiger charge is 2.32. The molecule has 1 atom stereocenters. The first-order valence-corrected chi connectivity index (χ1v) is 4.91. The second-order valence-corrected chi connectivity index (χ2v) is 4.34. The van der Waals surface area contributed by atoms with Gasteiger partial charge in [0.05, 0.1) is 0 Å². The van der Waals surface area contributed by atoms with Crippen LogP contribution in [0.15, 0.2) is 24.3 Å². The summed E-state index contributed by atoms with van der Waals surface area (Å²) in [5, 5.41) is 0. The second-order valence-electron chi connectivity index (χ2n) is 4.34. The van der Waals surface area contributed by atoms with Crippen LogP contribution in [-0.4, -0.2) is 5.78 Å². The van der Waals surface area contributed by atoms with E-state index in [9.17, 15) is 4.79 Å². The smallest absolute Gasteiger partial charge is 0.162 e. The van der Waals surface area contributed by atoms with Crippen molar-refractivity contribution < 1.29 is 4.79 Å². The van der Waals surface area contributed by atoms with E-state index in [1.807, 2.05) is 13.0 Å². The maximum atomic E-state index is 11.7. The molecule has 1 unspecified atom stereocenters. The molecule has 1 aliphatic carbocycles. The number of allylic oxidation sites excluding steroid dienone is 4. The molecule has 0 saturated carbocycles. The minimum atomic E-state index is 0.0810. The largest absolute Gasteiger partial charge is 0.294 e. The third-order valence-electron chi connectivity index (χ3n) is 2.76. The monoisotopic (exact) mass is 178 g/mol. The number of carbonyl (C=O) groups is 1. The minimum absolute atomic E-state index is 0.0810. The van der Waals surface area contributed by atoms with Gasteiger partial charge in [-0.3, -0.25) is 4.79 Å². The highest BCUT2D eigenvalue weighted by molar-refractivity contribution is 5.93. The van der Waals surface area contributed by atoms with E-state index in [0.29, 0.717) is 0 Å². The summed E-state index contributed by atoms with van der Waals surface area (Å²) in [6.45, 7) is 6.22. The van der Waals surface area contributed by atoms with Crippen LogP contribution in [0, 0.1) is 11.3 Å². The van der Waals surface area contributed by atoms with E-state index < -0.39 is 0 Å². The molecule has 1 heteroatoms. The summed E-state index contributed by atoms with van der Waals surface area (Å²) in [6.07, 6.45) is 9.90.